The van der Waals surface area contributed by atoms with Crippen LogP contribution in [0.15, 0.2) is 10.1 Å². The summed E-state index contributed by atoms with van der Waals surface area (Å²) in [5.74, 6) is 0. The number of hydrogen-bond donors (Lipinski definition) is 0. The second-order valence-corrected chi connectivity index (χ2v) is 3.51. The van der Waals surface area contributed by atoms with Crippen molar-refractivity contribution >= 4 is 27.3 Å². The fourth-order valence-corrected chi connectivity index (χ4v) is 2.12. The average Bonchev–Trinajstić information content (AvgIpc) is 2.18. The van der Waals surface area contributed by atoms with Crippen LogP contribution in [0.25, 0.3) is 0 Å². The van der Waals surface area contributed by atoms with E-state index < -0.39 is 0 Å². The summed E-state index contributed by atoms with van der Waals surface area (Å²) < 4.78 is 1.02. The first kappa shape index (κ1) is 7.22. The molecule has 1 aromatic heterocycles. The average molecular weight is 206 g/mol. The minimum absolute atomic E-state index is 1.02. The fraction of sp³-hybridized carbons (Fsp3) is 0.500. The highest BCUT2D eigenvalue weighted by Gasteiger charge is 1.98. The van der Waals surface area contributed by atoms with Crippen LogP contribution in [0.1, 0.15) is 18.2 Å². The van der Waals surface area contributed by atoms with E-state index in [9.17, 15) is 0 Å². The molecule has 0 bridgehead atoms. The van der Waals surface area contributed by atoms with Gasteiger partial charge in [0.05, 0.1) is 5.51 Å². The summed E-state index contributed by atoms with van der Waals surface area (Å²) in [5, 5.41) is 0. The Morgan fingerprint density at radius 2 is 2.56 bits per heavy atom. The van der Waals surface area contributed by atoms with Crippen molar-refractivity contribution in [3.63, 3.8) is 0 Å². The highest BCUT2D eigenvalue weighted by atomic mass is 79.9. The molecular formula is C6H8BrNS. The Morgan fingerprint density at radius 3 is 3.00 bits per heavy atom. The van der Waals surface area contributed by atoms with E-state index in [1.807, 2.05) is 5.51 Å². The van der Waals surface area contributed by atoms with E-state index in [0.29, 0.717) is 0 Å². The molecule has 1 rings (SSSR count). The molecule has 0 aliphatic heterocycles. The molecule has 0 saturated heterocycles. The molecule has 9 heavy (non-hydrogen) atoms. The number of aromatic nitrogens is 1. The third-order valence-corrected chi connectivity index (χ3v) is 2.91. The van der Waals surface area contributed by atoms with Gasteiger partial charge in [0.1, 0.15) is 4.60 Å². The second-order valence-electron chi connectivity index (χ2n) is 1.82. The number of hydrogen-bond acceptors (Lipinski definition) is 2. The number of nitrogens with zero attached hydrogens (tertiary/aromatic N) is 1. The Balaban J connectivity index is 2.69. The van der Waals surface area contributed by atoms with Crippen molar-refractivity contribution in [3.8, 4) is 0 Å². The fourth-order valence-electron chi connectivity index (χ4n) is 0.646. The van der Waals surface area contributed by atoms with E-state index in [2.05, 4.69) is 27.8 Å². The summed E-state index contributed by atoms with van der Waals surface area (Å²) in [7, 11) is 0. The molecule has 0 amide bonds. The zero-order chi connectivity index (χ0) is 6.69. The molecule has 0 radical (unpaired) electrons. The molecule has 1 heterocycles. The minimum atomic E-state index is 1.02. The number of rotatable bonds is 2. The van der Waals surface area contributed by atoms with Gasteiger partial charge in [-0.25, -0.2) is 4.98 Å². The molecule has 0 aliphatic rings. The lowest BCUT2D eigenvalue weighted by Crippen LogP contribution is -1.76. The molecule has 0 N–H and O–H groups in total. The van der Waals surface area contributed by atoms with Crippen molar-refractivity contribution in [3.05, 3.63) is 15.0 Å². The lowest BCUT2D eigenvalue weighted by Gasteiger charge is -1.89. The normalized spacial score (nSPS) is 10.0. The molecule has 1 aromatic rings. The maximum absolute atomic E-state index is 4.07. The van der Waals surface area contributed by atoms with Crippen LogP contribution >= 0.6 is 27.3 Å². The highest BCUT2D eigenvalue weighted by Crippen LogP contribution is 2.20. The van der Waals surface area contributed by atoms with Gasteiger partial charge in [0.25, 0.3) is 0 Å². The van der Waals surface area contributed by atoms with Crippen molar-refractivity contribution in [1.82, 2.24) is 4.98 Å². The molecule has 0 fully saturated rings. The molecule has 0 spiro atoms. The Bertz CT molecular complexity index is 185. The van der Waals surface area contributed by atoms with Gasteiger partial charge in [-0.2, -0.15) is 0 Å². The maximum atomic E-state index is 4.07. The maximum Gasteiger partial charge on any atom is 0.120 e. The van der Waals surface area contributed by atoms with Gasteiger partial charge < -0.3 is 0 Å². The standard InChI is InChI=1S/C6H8BrNS/c1-2-3-5-6(7)8-4-9-5/h4H,2-3H2,1H3. The summed E-state index contributed by atoms with van der Waals surface area (Å²) in [6, 6.07) is 0. The summed E-state index contributed by atoms with van der Waals surface area (Å²) >= 11 is 5.08. The van der Waals surface area contributed by atoms with E-state index in [-0.39, 0.29) is 0 Å². The molecule has 0 aliphatic carbocycles. The largest absolute Gasteiger partial charge is 0.237 e. The third kappa shape index (κ3) is 1.76. The van der Waals surface area contributed by atoms with Crippen LogP contribution in [-0.2, 0) is 6.42 Å². The smallest absolute Gasteiger partial charge is 0.120 e. The Hall–Kier alpha value is 0.110. The van der Waals surface area contributed by atoms with Gasteiger partial charge in [-0.1, -0.05) is 13.3 Å². The van der Waals surface area contributed by atoms with Gasteiger partial charge in [0.15, 0.2) is 0 Å². The lowest BCUT2D eigenvalue weighted by atomic mass is 10.3. The van der Waals surface area contributed by atoms with E-state index in [1.54, 1.807) is 11.3 Å². The Kier molecular flexibility index (Phi) is 2.66. The second kappa shape index (κ2) is 3.32. The van der Waals surface area contributed by atoms with Gasteiger partial charge >= 0.3 is 0 Å². The van der Waals surface area contributed by atoms with Crippen LogP contribution in [0, 0.1) is 0 Å². The molecular weight excluding hydrogens is 198 g/mol. The summed E-state index contributed by atoms with van der Waals surface area (Å²) in [5.41, 5.74) is 1.87. The van der Waals surface area contributed by atoms with Gasteiger partial charge in [-0.3, -0.25) is 0 Å². The van der Waals surface area contributed by atoms with Crippen LogP contribution in [0.5, 0.6) is 0 Å². The monoisotopic (exact) mass is 205 g/mol. The van der Waals surface area contributed by atoms with Crippen LogP contribution in [0.4, 0.5) is 0 Å². The molecule has 50 valence electrons. The van der Waals surface area contributed by atoms with Gasteiger partial charge in [0, 0.05) is 4.88 Å². The molecule has 0 unspecified atom stereocenters. The number of aryl methyl sites for hydroxylation is 1. The number of thiazole rings is 1. The number of halogens is 1. The first-order valence-electron chi connectivity index (χ1n) is 2.92. The van der Waals surface area contributed by atoms with Crippen LogP contribution in [-0.4, -0.2) is 4.98 Å². The zero-order valence-corrected chi connectivity index (χ0v) is 7.63. The highest BCUT2D eigenvalue weighted by molar-refractivity contribution is 9.10. The van der Waals surface area contributed by atoms with Crippen molar-refractivity contribution in [2.24, 2.45) is 0 Å². The summed E-state index contributed by atoms with van der Waals surface area (Å²) in [4.78, 5) is 5.43. The summed E-state index contributed by atoms with van der Waals surface area (Å²) in [6.07, 6.45) is 2.34. The lowest BCUT2D eigenvalue weighted by molar-refractivity contribution is 0.930. The molecule has 0 atom stereocenters. The van der Waals surface area contributed by atoms with Gasteiger partial charge in [-0.15, -0.1) is 11.3 Å². The Morgan fingerprint density at radius 1 is 1.78 bits per heavy atom. The van der Waals surface area contributed by atoms with Crippen molar-refractivity contribution in [2.75, 3.05) is 0 Å². The van der Waals surface area contributed by atoms with E-state index >= 15 is 0 Å². The van der Waals surface area contributed by atoms with Crippen molar-refractivity contribution in [2.45, 2.75) is 19.8 Å². The topological polar surface area (TPSA) is 12.9 Å². The molecule has 0 aromatic carbocycles. The Labute approximate surface area is 67.3 Å². The quantitative estimate of drug-likeness (QED) is 0.724. The van der Waals surface area contributed by atoms with E-state index in [0.717, 1.165) is 11.0 Å². The van der Waals surface area contributed by atoms with Crippen LogP contribution in [0.2, 0.25) is 0 Å². The first-order valence-corrected chi connectivity index (χ1v) is 4.59. The van der Waals surface area contributed by atoms with E-state index in [1.165, 1.54) is 11.3 Å². The predicted octanol–water partition coefficient (Wildman–Crippen LogP) is 2.86. The van der Waals surface area contributed by atoms with E-state index in [4.69, 9.17) is 0 Å². The minimum Gasteiger partial charge on any atom is -0.237 e. The summed E-state index contributed by atoms with van der Waals surface area (Å²) in [6.45, 7) is 2.17. The zero-order valence-electron chi connectivity index (χ0n) is 5.22. The SMILES string of the molecule is CCCc1scnc1Br. The molecule has 1 nitrogen and oxygen atoms in total. The third-order valence-electron chi connectivity index (χ3n) is 1.07. The van der Waals surface area contributed by atoms with Gasteiger partial charge in [-0.05, 0) is 22.4 Å². The van der Waals surface area contributed by atoms with Crippen LogP contribution < -0.4 is 0 Å². The molecule has 3 heteroatoms. The van der Waals surface area contributed by atoms with Crippen molar-refractivity contribution < 1.29 is 0 Å². The first-order chi connectivity index (χ1) is 4.34. The predicted molar refractivity (Wildman–Crippen MR) is 43.8 cm³/mol. The van der Waals surface area contributed by atoms with Crippen LogP contribution in [0.3, 0.4) is 0 Å². The van der Waals surface area contributed by atoms with Gasteiger partial charge in [0.2, 0.25) is 0 Å². The van der Waals surface area contributed by atoms with Crippen molar-refractivity contribution in [1.29, 1.82) is 0 Å². The molecule has 0 saturated carbocycles.